The van der Waals surface area contributed by atoms with Gasteiger partial charge in [0.25, 0.3) is 11.8 Å². The van der Waals surface area contributed by atoms with E-state index in [9.17, 15) is 14.4 Å². The van der Waals surface area contributed by atoms with Crippen LogP contribution in [0.5, 0.6) is 5.75 Å². The summed E-state index contributed by atoms with van der Waals surface area (Å²) in [6.45, 7) is 5.91. The second kappa shape index (κ2) is 15.7. The molecule has 1 saturated heterocycles. The van der Waals surface area contributed by atoms with Gasteiger partial charge in [-0.2, -0.15) is 0 Å². The van der Waals surface area contributed by atoms with Gasteiger partial charge in [0.05, 0.1) is 21.3 Å². The van der Waals surface area contributed by atoms with Crippen LogP contribution in [0.1, 0.15) is 45.4 Å². The van der Waals surface area contributed by atoms with Gasteiger partial charge in [0, 0.05) is 43.8 Å². The number of benzene rings is 1. The molecule has 2 N–H and O–H groups in total. The number of likely N-dealkylation sites (N-methyl/N-ethyl adjacent to an activating group) is 1. The third kappa shape index (κ3) is 9.53. The van der Waals surface area contributed by atoms with E-state index < -0.39 is 17.8 Å². The Bertz CT molecular complexity index is 1450. The minimum Gasteiger partial charge on any atom is -0.488 e. The van der Waals surface area contributed by atoms with E-state index >= 15 is 0 Å². The molecule has 2 amide bonds. The molecule has 4 rings (SSSR count). The first kappa shape index (κ1) is 33.0. The molecule has 0 radical (unpaired) electrons. The molecule has 0 atom stereocenters. The third-order valence-electron chi connectivity index (χ3n) is 6.61. The van der Waals surface area contributed by atoms with E-state index in [-0.39, 0.29) is 45.9 Å². The number of halogens is 3. The molecule has 43 heavy (non-hydrogen) atoms. The number of rotatable bonds is 13. The topological polar surface area (TPSA) is 113 Å². The summed E-state index contributed by atoms with van der Waals surface area (Å²) in [4.78, 5) is 47.1. The van der Waals surface area contributed by atoms with Gasteiger partial charge in [0.15, 0.2) is 0 Å². The molecule has 10 nitrogen and oxygen atoms in total. The SMILES string of the molecule is CC(=O)OCCOc1cc(Cl)cc(C(=O)Nc2ccc(Cl)cn2)c1NC(=O)c1scc(CN(C)CCN2CCCC2)c1Cl. The van der Waals surface area contributed by atoms with E-state index in [1.54, 1.807) is 6.07 Å². The zero-order valence-corrected chi connectivity index (χ0v) is 26.8. The van der Waals surface area contributed by atoms with Crippen molar-refractivity contribution in [2.75, 3.05) is 57.1 Å². The van der Waals surface area contributed by atoms with Crippen LogP contribution < -0.4 is 15.4 Å². The molecule has 1 aromatic carbocycles. The number of hydrogen-bond acceptors (Lipinski definition) is 9. The van der Waals surface area contributed by atoms with Crippen LogP contribution in [0.25, 0.3) is 0 Å². The number of anilines is 2. The van der Waals surface area contributed by atoms with E-state index in [1.807, 2.05) is 12.4 Å². The summed E-state index contributed by atoms with van der Waals surface area (Å²) in [5.74, 6) is -1.24. The van der Waals surface area contributed by atoms with E-state index in [0.29, 0.717) is 16.6 Å². The summed E-state index contributed by atoms with van der Waals surface area (Å²) in [7, 11) is 2.03. The normalized spacial score (nSPS) is 13.3. The van der Waals surface area contributed by atoms with E-state index in [1.165, 1.54) is 55.5 Å². The van der Waals surface area contributed by atoms with E-state index in [2.05, 4.69) is 25.4 Å². The largest absolute Gasteiger partial charge is 0.488 e. The predicted octanol–water partition coefficient (Wildman–Crippen LogP) is 6.08. The van der Waals surface area contributed by atoms with Crippen molar-refractivity contribution in [2.24, 2.45) is 0 Å². The molecular weight excluding hydrogens is 637 g/mol. The van der Waals surface area contributed by atoms with Gasteiger partial charge in [-0.3, -0.25) is 14.4 Å². The Morgan fingerprint density at radius 3 is 2.51 bits per heavy atom. The van der Waals surface area contributed by atoms with Gasteiger partial charge in [-0.05, 0) is 62.1 Å². The quantitative estimate of drug-likeness (QED) is 0.167. The number of hydrogen-bond donors (Lipinski definition) is 2. The fourth-order valence-corrected chi connectivity index (χ4v) is 6.04. The van der Waals surface area contributed by atoms with Crippen LogP contribution in [0.3, 0.4) is 0 Å². The van der Waals surface area contributed by atoms with Gasteiger partial charge in [-0.25, -0.2) is 4.98 Å². The maximum atomic E-state index is 13.5. The van der Waals surface area contributed by atoms with Crippen LogP contribution in [-0.4, -0.2) is 79.0 Å². The lowest BCUT2D eigenvalue weighted by atomic mass is 10.1. The van der Waals surface area contributed by atoms with Crippen molar-refractivity contribution >= 4 is 75.4 Å². The molecule has 14 heteroatoms. The molecule has 230 valence electrons. The molecule has 0 saturated carbocycles. The highest BCUT2D eigenvalue weighted by molar-refractivity contribution is 7.13. The number of esters is 1. The number of ether oxygens (including phenoxy) is 2. The first-order chi connectivity index (χ1) is 20.6. The summed E-state index contributed by atoms with van der Waals surface area (Å²) in [5.41, 5.74) is 0.925. The highest BCUT2D eigenvalue weighted by Crippen LogP contribution is 2.36. The maximum absolute atomic E-state index is 13.5. The molecule has 0 bridgehead atoms. The van der Waals surface area contributed by atoms with Crippen LogP contribution in [0, 0.1) is 0 Å². The van der Waals surface area contributed by atoms with Gasteiger partial charge < -0.3 is 29.9 Å². The molecular formula is C29H32Cl3N5O5S. The van der Waals surface area contributed by atoms with Gasteiger partial charge >= 0.3 is 5.97 Å². The minimum absolute atomic E-state index is 0.0228. The first-order valence-electron chi connectivity index (χ1n) is 13.6. The number of nitrogens with one attached hydrogen (secondary N) is 2. The van der Waals surface area contributed by atoms with Crippen LogP contribution in [-0.2, 0) is 16.1 Å². The van der Waals surface area contributed by atoms with Crippen LogP contribution in [0.4, 0.5) is 11.5 Å². The van der Waals surface area contributed by atoms with Crippen molar-refractivity contribution in [1.29, 1.82) is 0 Å². The number of nitrogens with zero attached hydrogens (tertiary/aromatic N) is 3. The molecule has 3 aromatic rings. The third-order valence-corrected chi connectivity index (χ3v) is 8.62. The highest BCUT2D eigenvalue weighted by atomic mass is 35.5. The second-order valence-corrected chi connectivity index (χ2v) is 12.1. The number of thiophene rings is 1. The highest BCUT2D eigenvalue weighted by Gasteiger charge is 2.24. The van der Waals surface area contributed by atoms with Gasteiger partial charge in [-0.1, -0.05) is 34.8 Å². The average Bonchev–Trinajstić information content (AvgIpc) is 3.62. The number of carbonyl (C=O) groups excluding carboxylic acids is 3. The van der Waals surface area contributed by atoms with Crippen LogP contribution in [0.2, 0.25) is 15.1 Å². The van der Waals surface area contributed by atoms with E-state index in [4.69, 9.17) is 44.3 Å². The molecule has 1 aliphatic heterocycles. The lowest BCUT2D eigenvalue weighted by Gasteiger charge is -2.21. The van der Waals surface area contributed by atoms with Crippen LogP contribution >= 0.6 is 46.1 Å². The standard InChI is InChI=1S/C29H32Cl3N5O5S/c1-18(38)41-11-12-42-23-14-21(31)13-22(28(39)34-24-6-5-20(30)15-33-24)26(23)35-29(40)27-25(32)19(17-43-27)16-36(2)9-10-37-7-3-4-8-37/h5-6,13-15,17H,3-4,7-12,16H2,1-2H3,(H,35,40)(H,33,34,39). The minimum atomic E-state index is -0.602. The lowest BCUT2D eigenvalue weighted by Crippen LogP contribution is -2.31. The molecule has 1 fully saturated rings. The van der Waals surface area contributed by atoms with E-state index in [0.717, 1.165) is 31.7 Å². The Balaban J connectivity index is 1.54. The maximum Gasteiger partial charge on any atom is 0.302 e. The summed E-state index contributed by atoms with van der Waals surface area (Å²) < 4.78 is 10.7. The van der Waals surface area contributed by atoms with Gasteiger partial charge in [-0.15, -0.1) is 11.3 Å². The number of amides is 2. The van der Waals surface area contributed by atoms with Crippen molar-refractivity contribution in [3.05, 3.63) is 66.9 Å². The molecule has 0 spiro atoms. The number of likely N-dealkylation sites (tertiary alicyclic amines) is 1. The summed E-state index contributed by atoms with van der Waals surface area (Å²) >= 11 is 20.1. The van der Waals surface area contributed by atoms with Crippen molar-refractivity contribution in [3.63, 3.8) is 0 Å². The zero-order valence-electron chi connectivity index (χ0n) is 23.8. The Labute approximate surface area is 269 Å². The molecule has 0 unspecified atom stereocenters. The Morgan fingerprint density at radius 1 is 1.05 bits per heavy atom. The summed E-state index contributed by atoms with van der Waals surface area (Å²) in [5, 5.41) is 8.26. The number of pyridine rings is 1. The molecule has 2 aromatic heterocycles. The monoisotopic (exact) mass is 667 g/mol. The molecule has 0 aliphatic carbocycles. The Kier molecular flexibility index (Phi) is 12.0. The molecule has 3 heterocycles. The van der Waals surface area contributed by atoms with Crippen molar-refractivity contribution < 1.29 is 23.9 Å². The first-order valence-corrected chi connectivity index (χ1v) is 15.6. The second-order valence-electron chi connectivity index (χ2n) is 9.98. The Hall–Kier alpha value is -2.93. The average molecular weight is 669 g/mol. The van der Waals surface area contributed by atoms with Gasteiger partial charge in [0.2, 0.25) is 0 Å². The zero-order chi connectivity index (χ0) is 30.9. The van der Waals surface area contributed by atoms with Gasteiger partial charge in [0.1, 0.15) is 29.7 Å². The van der Waals surface area contributed by atoms with Crippen molar-refractivity contribution in [1.82, 2.24) is 14.8 Å². The van der Waals surface area contributed by atoms with Crippen molar-refractivity contribution in [3.8, 4) is 5.75 Å². The van der Waals surface area contributed by atoms with Crippen molar-refractivity contribution in [2.45, 2.75) is 26.3 Å². The lowest BCUT2D eigenvalue weighted by molar-refractivity contribution is -0.141. The summed E-state index contributed by atoms with van der Waals surface area (Å²) in [6.07, 6.45) is 3.88. The summed E-state index contributed by atoms with van der Waals surface area (Å²) in [6, 6.07) is 5.97. The fourth-order valence-electron chi connectivity index (χ4n) is 4.47. The van der Waals surface area contributed by atoms with Crippen LogP contribution in [0.15, 0.2) is 35.8 Å². The predicted molar refractivity (Wildman–Crippen MR) is 170 cm³/mol. The number of aromatic nitrogens is 1. The smallest absolute Gasteiger partial charge is 0.302 e. The fraction of sp³-hybridized carbons (Fsp3) is 0.379. The molecule has 1 aliphatic rings. The Morgan fingerprint density at radius 2 is 1.81 bits per heavy atom. The number of carbonyl (C=O) groups is 3.